The fraction of sp³-hybridized carbons (Fsp3) is 0.333. The first-order valence-corrected chi connectivity index (χ1v) is 6.38. The zero-order chi connectivity index (χ0) is 15.5. The van der Waals surface area contributed by atoms with E-state index in [1.165, 1.54) is 18.2 Å². The average molecular weight is 300 g/mol. The molecule has 0 bridgehead atoms. The molecule has 0 saturated carbocycles. The maximum Gasteiger partial charge on any atom is 0.419 e. The Balaban J connectivity index is 2.12. The standard InChI is InChI=1S/C15H15F3O3/c1-10-6-7-13(21-10)11(8-19)9-20-14-5-3-2-4-12(14)15(16,17)18/h2-7,11,19H,8-9H2,1H3. The van der Waals surface area contributed by atoms with E-state index >= 15 is 0 Å². The molecule has 2 rings (SSSR count). The molecule has 1 atom stereocenters. The molecular weight excluding hydrogens is 285 g/mol. The van der Waals surface area contributed by atoms with Crippen molar-refractivity contribution in [3.63, 3.8) is 0 Å². The molecule has 21 heavy (non-hydrogen) atoms. The Kier molecular flexibility index (Phi) is 4.57. The van der Waals surface area contributed by atoms with Crippen molar-refractivity contribution in [1.29, 1.82) is 0 Å². The lowest BCUT2D eigenvalue weighted by molar-refractivity contribution is -0.139. The Labute approximate surface area is 120 Å². The number of halogens is 3. The van der Waals surface area contributed by atoms with Gasteiger partial charge in [-0.25, -0.2) is 0 Å². The number of aryl methyl sites for hydroxylation is 1. The molecule has 1 aromatic heterocycles. The van der Waals surface area contributed by atoms with Gasteiger partial charge in [-0.1, -0.05) is 12.1 Å². The predicted molar refractivity (Wildman–Crippen MR) is 70.2 cm³/mol. The van der Waals surface area contributed by atoms with Crippen LogP contribution in [0.3, 0.4) is 0 Å². The summed E-state index contributed by atoms with van der Waals surface area (Å²) in [6, 6.07) is 8.38. The van der Waals surface area contributed by atoms with Crippen LogP contribution < -0.4 is 4.74 Å². The van der Waals surface area contributed by atoms with Gasteiger partial charge in [0.15, 0.2) is 0 Å². The van der Waals surface area contributed by atoms with Crippen LogP contribution >= 0.6 is 0 Å². The second kappa shape index (κ2) is 6.22. The first-order chi connectivity index (χ1) is 9.91. The summed E-state index contributed by atoms with van der Waals surface area (Å²) in [7, 11) is 0. The van der Waals surface area contributed by atoms with Gasteiger partial charge in [0.1, 0.15) is 23.9 Å². The van der Waals surface area contributed by atoms with Gasteiger partial charge in [-0.05, 0) is 31.2 Å². The SMILES string of the molecule is Cc1ccc(C(CO)COc2ccccc2C(F)(F)F)o1. The van der Waals surface area contributed by atoms with E-state index in [4.69, 9.17) is 9.15 Å². The normalized spacial score (nSPS) is 13.2. The van der Waals surface area contributed by atoms with Gasteiger partial charge in [0.25, 0.3) is 0 Å². The molecule has 0 aliphatic rings. The largest absolute Gasteiger partial charge is 0.492 e. The zero-order valence-corrected chi connectivity index (χ0v) is 11.4. The minimum Gasteiger partial charge on any atom is -0.492 e. The van der Waals surface area contributed by atoms with E-state index in [9.17, 15) is 18.3 Å². The molecule has 1 N–H and O–H groups in total. The van der Waals surface area contributed by atoms with Gasteiger partial charge in [0.2, 0.25) is 0 Å². The van der Waals surface area contributed by atoms with Gasteiger partial charge in [0, 0.05) is 0 Å². The van der Waals surface area contributed by atoms with E-state index in [2.05, 4.69) is 0 Å². The second-order valence-electron chi connectivity index (χ2n) is 4.63. The molecule has 1 unspecified atom stereocenters. The summed E-state index contributed by atoms with van der Waals surface area (Å²) >= 11 is 0. The lowest BCUT2D eigenvalue weighted by Crippen LogP contribution is -2.16. The zero-order valence-electron chi connectivity index (χ0n) is 11.4. The van der Waals surface area contributed by atoms with Crippen molar-refractivity contribution in [3.8, 4) is 5.75 Å². The molecule has 0 aliphatic carbocycles. The van der Waals surface area contributed by atoms with Gasteiger partial charge in [-0.3, -0.25) is 0 Å². The Morgan fingerprint density at radius 3 is 2.48 bits per heavy atom. The van der Waals surface area contributed by atoms with Crippen molar-refractivity contribution in [2.24, 2.45) is 0 Å². The molecule has 0 amide bonds. The van der Waals surface area contributed by atoms with Crippen LogP contribution in [0.5, 0.6) is 5.75 Å². The Morgan fingerprint density at radius 1 is 1.19 bits per heavy atom. The molecule has 6 heteroatoms. The third kappa shape index (κ3) is 3.78. The monoisotopic (exact) mass is 300 g/mol. The van der Waals surface area contributed by atoms with Crippen LogP contribution in [0.15, 0.2) is 40.8 Å². The smallest absolute Gasteiger partial charge is 0.419 e. The summed E-state index contributed by atoms with van der Waals surface area (Å²) in [5.74, 6) is 0.380. The number of benzene rings is 1. The maximum atomic E-state index is 12.8. The first kappa shape index (κ1) is 15.4. The molecule has 0 aliphatic heterocycles. The van der Waals surface area contributed by atoms with Crippen LogP contribution in [0.2, 0.25) is 0 Å². The molecule has 1 aromatic carbocycles. The number of aliphatic hydroxyl groups excluding tert-OH is 1. The van der Waals surface area contributed by atoms with E-state index in [1.54, 1.807) is 19.1 Å². The third-order valence-corrected chi connectivity index (χ3v) is 3.02. The number of hydrogen-bond donors (Lipinski definition) is 1. The van der Waals surface area contributed by atoms with Crippen LogP contribution in [-0.4, -0.2) is 18.3 Å². The second-order valence-corrected chi connectivity index (χ2v) is 4.63. The first-order valence-electron chi connectivity index (χ1n) is 6.38. The lowest BCUT2D eigenvalue weighted by Gasteiger charge is -2.17. The van der Waals surface area contributed by atoms with Crippen molar-refractivity contribution in [2.45, 2.75) is 19.0 Å². The van der Waals surface area contributed by atoms with E-state index in [1.807, 2.05) is 0 Å². The van der Waals surface area contributed by atoms with Gasteiger partial charge in [-0.2, -0.15) is 13.2 Å². The minimum atomic E-state index is -4.48. The molecule has 2 aromatic rings. The molecule has 3 nitrogen and oxygen atoms in total. The quantitative estimate of drug-likeness (QED) is 0.914. The highest BCUT2D eigenvalue weighted by Crippen LogP contribution is 2.36. The van der Waals surface area contributed by atoms with Crippen LogP contribution in [-0.2, 0) is 6.18 Å². The molecule has 0 radical (unpaired) electrons. The molecule has 0 spiro atoms. The fourth-order valence-electron chi connectivity index (χ4n) is 1.91. The van der Waals surface area contributed by atoms with E-state index in [0.717, 1.165) is 6.07 Å². The number of ether oxygens (including phenoxy) is 1. The summed E-state index contributed by atoms with van der Waals surface area (Å²) in [5, 5.41) is 9.33. The maximum absolute atomic E-state index is 12.8. The fourth-order valence-corrected chi connectivity index (χ4v) is 1.91. The highest BCUT2D eigenvalue weighted by Gasteiger charge is 2.34. The topological polar surface area (TPSA) is 42.6 Å². The Hall–Kier alpha value is -1.95. The van der Waals surface area contributed by atoms with Gasteiger partial charge < -0.3 is 14.3 Å². The van der Waals surface area contributed by atoms with Crippen LogP contribution in [0.25, 0.3) is 0 Å². The van der Waals surface area contributed by atoms with Crippen molar-refractivity contribution >= 4 is 0 Å². The number of alkyl halides is 3. The predicted octanol–water partition coefficient (Wildman–Crippen LogP) is 3.76. The van der Waals surface area contributed by atoms with Gasteiger partial charge in [-0.15, -0.1) is 0 Å². The van der Waals surface area contributed by atoms with Crippen LogP contribution in [0, 0.1) is 6.92 Å². The van der Waals surface area contributed by atoms with Crippen molar-refractivity contribution in [1.82, 2.24) is 0 Å². The molecule has 114 valence electrons. The van der Waals surface area contributed by atoms with Crippen LogP contribution in [0.1, 0.15) is 23.0 Å². The molecule has 1 heterocycles. The number of furan rings is 1. The van der Waals surface area contributed by atoms with E-state index in [-0.39, 0.29) is 19.0 Å². The number of rotatable bonds is 5. The highest BCUT2D eigenvalue weighted by molar-refractivity contribution is 5.35. The summed E-state index contributed by atoms with van der Waals surface area (Å²) in [6.07, 6.45) is -4.48. The van der Waals surface area contributed by atoms with Crippen molar-refractivity contribution < 1.29 is 27.4 Å². The number of hydrogen-bond acceptors (Lipinski definition) is 3. The minimum absolute atomic E-state index is 0.101. The highest BCUT2D eigenvalue weighted by atomic mass is 19.4. The average Bonchev–Trinajstić information content (AvgIpc) is 2.85. The third-order valence-electron chi connectivity index (χ3n) is 3.02. The molecule has 0 fully saturated rings. The van der Waals surface area contributed by atoms with E-state index < -0.39 is 17.7 Å². The van der Waals surface area contributed by atoms with Crippen molar-refractivity contribution in [2.75, 3.05) is 13.2 Å². The Morgan fingerprint density at radius 2 is 1.90 bits per heavy atom. The summed E-state index contributed by atoms with van der Waals surface area (Å²) in [6.45, 7) is 1.37. The summed E-state index contributed by atoms with van der Waals surface area (Å²) in [5.41, 5.74) is -0.836. The van der Waals surface area contributed by atoms with Crippen molar-refractivity contribution in [3.05, 3.63) is 53.5 Å². The molecular formula is C15H15F3O3. The Bertz CT molecular complexity index is 590. The lowest BCUT2D eigenvalue weighted by atomic mass is 10.1. The van der Waals surface area contributed by atoms with Gasteiger partial charge >= 0.3 is 6.18 Å². The summed E-state index contributed by atoms with van der Waals surface area (Å²) < 4.78 is 49.1. The van der Waals surface area contributed by atoms with E-state index in [0.29, 0.717) is 11.5 Å². The van der Waals surface area contributed by atoms with Gasteiger partial charge in [0.05, 0.1) is 18.1 Å². The number of para-hydroxylation sites is 1. The van der Waals surface area contributed by atoms with Crippen LogP contribution in [0.4, 0.5) is 13.2 Å². The molecule has 0 saturated heterocycles. The summed E-state index contributed by atoms with van der Waals surface area (Å²) in [4.78, 5) is 0. The number of aliphatic hydroxyl groups is 1.